The van der Waals surface area contributed by atoms with Crippen molar-refractivity contribution in [3.05, 3.63) is 123 Å². The average Bonchev–Trinajstić information content (AvgIpc) is 4.04. The summed E-state index contributed by atoms with van der Waals surface area (Å²) >= 11 is 0. The highest BCUT2D eigenvalue weighted by atomic mass is 16.6. The number of likely N-dealkylation sites (tertiary alicyclic amines) is 3. The molecule has 3 fully saturated rings. The zero-order valence-corrected chi connectivity index (χ0v) is 43.0. The third-order valence-electron chi connectivity index (χ3n) is 19.7. The molecule has 75 heavy (non-hydrogen) atoms. The fraction of sp³-hybridized carbons (Fsp3) is 0.475. The molecule has 0 aromatic heterocycles. The van der Waals surface area contributed by atoms with Crippen LogP contribution in [0.3, 0.4) is 0 Å². The minimum atomic E-state index is -1.26. The molecule has 6 heterocycles. The van der Waals surface area contributed by atoms with Crippen LogP contribution in [0.25, 0.3) is 0 Å². The summed E-state index contributed by atoms with van der Waals surface area (Å²) in [7, 11) is 2.07. The quantitative estimate of drug-likeness (QED) is 0.293. The second-order valence-electron chi connectivity index (χ2n) is 22.9. The molecule has 16 heteroatoms. The Bertz CT molecular complexity index is 3290. The predicted octanol–water partition coefficient (Wildman–Crippen LogP) is 3.96. The van der Waals surface area contributed by atoms with Crippen LogP contribution in [0.4, 0.5) is 0 Å². The van der Waals surface area contributed by atoms with Crippen LogP contribution >= 0.6 is 0 Å². The Labute approximate surface area is 433 Å². The van der Waals surface area contributed by atoms with Gasteiger partial charge in [-0.15, -0.1) is 0 Å². The van der Waals surface area contributed by atoms with Crippen LogP contribution in [0, 0.1) is 20.8 Å². The molecule has 1 N–H and O–H groups in total. The monoisotopic (exact) mass is 1020 g/mol. The number of benzene rings is 3. The molecular weight excluding hydrogens is 959 g/mol. The second kappa shape index (κ2) is 15.6. The van der Waals surface area contributed by atoms with E-state index >= 15 is 0 Å². The summed E-state index contributed by atoms with van der Waals surface area (Å²) in [4.78, 5) is 91.9. The third kappa shape index (κ3) is 5.61. The number of carbonyl (C=O) groups excluding carboxylic acids is 7. The number of ether oxygens (including phenoxy) is 5. The second-order valence-corrected chi connectivity index (χ2v) is 22.9. The lowest BCUT2D eigenvalue weighted by atomic mass is 9.50. The van der Waals surface area contributed by atoms with E-state index in [-0.39, 0.29) is 47.4 Å². The van der Waals surface area contributed by atoms with E-state index in [9.17, 15) is 38.7 Å². The van der Waals surface area contributed by atoms with E-state index in [1.807, 2.05) is 45.0 Å². The molecule has 0 unspecified atom stereocenters. The molecule has 2 amide bonds. The fourth-order valence-electron chi connectivity index (χ4n) is 16.8. The van der Waals surface area contributed by atoms with Gasteiger partial charge in [-0.05, 0) is 143 Å². The zero-order chi connectivity index (χ0) is 52.7. The molecule has 0 saturated carbocycles. The van der Waals surface area contributed by atoms with Crippen LogP contribution in [0.5, 0.6) is 17.2 Å². The first kappa shape index (κ1) is 47.8. The molecule has 6 aliphatic heterocycles. The van der Waals surface area contributed by atoms with E-state index in [1.165, 1.54) is 38.5 Å². The number of piperidine rings is 3. The Kier molecular flexibility index (Phi) is 9.93. The molecule has 15 rings (SSSR count). The summed E-state index contributed by atoms with van der Waals surface area (Å²) in [5.41, 5.74) is 4.07. The van der Waals surface area contributed by atoms with Gasteiger partial charge < -0.3 is 38.6 Å². The van der Waals surface area contributed by atoms with E-state index in [0.717, 1.165) is 87.6 Å². The van der Waals surface area contributed by atoms with Gasteiger partial charge in [-0.1, -0.05) is 36.4 Å². The maximum atomic E-state index is 12.8. The van der Waals surface area contributed by atoms with Gasteiger partial charge in [0.15, 0.2) is 46.9 Å². The number of carbonyl (C=O) groups is 7. The van der Waals surface area contributed by atoms with Gasteiger partial charge in [0.1, 0.15) is 22.8 Å². The number of aliphatic hydroxyl groups is 1. The summed E-state index contributed by atoms with van der Waals surface area (Å²) in [5.74, 6) is 1.27. The van der Waals surface area contributed by atoms with Crippen molar-refractivity contribution in [2.45, 2.75) is 150 Å². The van der Waals surface area contributed by atoms with Crippen molar-refractivity contribution < 1.29 is 62.4 Å². The van der Waals surface area contributed by atoms with Crippen LogP contribution in [0.15, 0.2) is 72.9 Å². The molecule has 6 aliphatic carbocycles. The van der Waals surface area contributed by atoms with Gasteiger partial charge >= 0.3 is 11.9 Å². The summed E-state index contributed by atoms with van der Waals surface area (Å²) in [6.07, 6.45) is 12.1. The predicted molar refractivity (Wildman–Crippen MR) is 267 cm³/mol. The van der Waals surface area contributed by atoms with Crippen LogP contribution in [-0.2, 0) is 78.5 Å². The van der Waals surface area contributed by atoms with Crippen molar-refractivity contribution in [1.82, 2.24) is 14.7 Å². The van der Waals surface area contributed by atoms with Crippen molar-refractivity contribution in [1.29, 1.82) is 0 Å². The molecule has 388 valence electrons. The van der Waals surface area contributed by atoms with E-state index in [1.54, 1.807) is 28.0 Å². The summed E-state index contributed by atoms with van der Waals surface area (Å²) in [5, 5.41) is 11.7. The fourth-order valence-corrected chi connectivity index (χ4v) is 16.8. The van der Waals surface area contributed by atoms with Gasteiger partial charge in [0.2, 0.25) is 12.3 Å². The lowest BCUT2D eigenvalue weighted by molar-refractivity contribution is -0.190. The number of ketones is 3. The molecule has 6 bridgehead atoms. The largest absolute Gasteiger partial charge is 0.481 e. The van der Waals surface area contributed by atoms with Gasteiger partial charge in [0.25, 0.3) is 0 Å². The highest BCUT2D eigenvalue weighted by molar-refractivity contribution is 6.01. The molecule has 3 saturated heterocycles. The van der Waals surface area contributed by atoms with Gasteiger partial charge in [0.05, 0.1) is 34.4 Å². The molecule has 12 aliphatic rings. The molecule has 16 nitrogen and oxygen atoms in total. The Hall–Kier alpha value is -6.91. The van der Waals surface area contributed by atoms with E-state index in [0.29, 0.717) is 38.8 Å². The van der Waals surface area contributed by atoms with E-state index in [4.69, 9.17) is 23.7 Å². The van der Waals surface area contributed by atoms with Crippen molar-refractivity contribution >= 4 is 41.6 Å². The van der Waals surface area contributed by atoms with Gasteiger partial charge in [-0.25, -0.2) is 0 Å². The van der Waals surface area contributed by atoms with Gasteiger partial charge in [-0.3, -0.25) is 38.5 Å². The highest BCUT2D eigenvalue weighted by Crippen LogP contribution is 2.66. The number of rotatable bonds is 3. The number of aryl methyl sites for hydroxylation is 3. The van der Waals surface area contributed by atoms with Crippen molar-refractivity contribution in [2.24, 2.45) is 0 Å². The Morgan fingerprint density at radius 1 is 0.587 bits per heavy atom. The van der Waals surface area contributed by atoms with E-state index < -0.39 is 57.3 Å². The SMILES string of the molecule is CC(=O)N1CC[C@]23c4c5ccc(C)c4O[C@H]2C(=O)C=C[C@@]3(O)[C@H]1C5.CC(=O)O[C@@]12C=CC(=O)[C@@H]3Oc4c(C)ccc5c4[C@@]31CCN(C)[C@@H]2C5.CC(=O)O[C@@]12C=CC(=O)[C@@H]3Oc4c(C)ccc5c4[C@@]31CCN(C=O)[C@@H]2C5. The minimum Gasteiger partial charge on any atom is -0.481 e. The van der Waals surface area contributed by atoms with E-state index in [2.05, 4.69) is 30.1 Å². The number of amides is 2. The number of hydrogen-bond donors (Lipinski definition) is 1. The highest BCUT2D eigenvalue weighted by Gasteiger charge is 2.76. The summed E-state index contributed by atoms with van der Waals surface area (Å²) < 4.78 is 30.6. The standard InChI is InChI=1S/C20H19NO5.C20H21NO4.C19H19NO4/c1-11-3-4-13-9-15-20(26-12(2)23)6-5-14(24)18-19(20,7-8-21(15)10-22)16(13)17(11)25-18;1-11-4-5-13-10-15-20(25-12(2)22)7-6-14(23)18-19(20,8-9-21(15)3)16(13)17(11)24-18;1-10-3-4-12-9-14-19(23)6-5-13(22)17-18(19,15(12)16(10)24-17)7-8-20(14)11(2)21/h3-6,10,15,18H,7-9H2,1-2H3;4-7,15,18H,8-10H2,1-3H3;3-6,14,17,23H,7-9H2,1-2H3/t2*15-,18+,19+,20-;14-,17+,18+,19-/m111/s1. The number of nitrogens with zero attached hydrogens (tertiary/aromatic N) is 3. The number of likely N-dealkylation sites (N-methyl/N-ethyl adjacent to an activating group) is 1. The average molecular weight is 1020 g/mol. The van der Waals surface area contributed by atoms with Crippen molar-refractivity contribution in [3.8, 4) is 17.2 Å². The summed E-state index contributed by atoms with van der Waals surface area (Å²) in [6, 6.07) is 11.6. The summed E-state index contributed by atoms with van der Waals surface area (Å²) in [6.45, 7) is 12.2. The van der Waals surface area contributed by atoms with Crippen LogP contribution in [-0.4, -0.2) is 141 Å². The first-order valence-electron chi connectivity index (χ1n) is 26.1. The normalized spacial score (nSPS) is 37.0. The number of esters is 2. The van der Waals surface area contributed by atoms with Crippen LogP contribution in [0.2, 0.25) is 0 Å². The van der Waals surface area contributed by atoms with Gasteiger partial charge in [-0.2, -0.15) is 0 Å². The Morgan fingerprint density at radius 3 is 1.48 bits per heavy atom. The van der Waals surface area contributed by atoms with Crippen molar-refractivity contribution in [3.63, 3.8) is 0 Å². The minimum absolute atomic E-state index is 0.00163. The maximum Gasteiger partial charge on any atom is 0.303 e. The topological polar surface area (TPSA) is 196 Å². The van der Waals surface area contributed by atoms with Crippen LogP contribution < -0.4 is 14.2 Å². The third-order valence-corrected chi connectivity index (χ3v) is 19.7. The maximum absolute atomic E-state index is 12.8. The molecule has 12 atom stereocenters. The molecule has 3 spiro atoms. The lowest BCUT2D eigenvalue weighted by Gasteiger charge is -2.61. The first-order valence-corrected chi connectivity index (χ1v) is 26.1. The first-order chi connectivity index (χ1) is 35.7. The Balaban J connectivity index is 0.000000108. The lowest BCUT2D eigenvalue weighted by Crippen LogP contribution is -2.76. The van der Waals surface area contributed by atoms with Crippen molar-refractivity contribution in [2.75, 3.05) is 26.7 Å². The van der Waals surface area contributed by atoms with Gasteiger partial charge in [0, 0.05) is 50.6 Å². The molecule has 0 radical (unpaired) electrons. The van der Waals surface area contributed by atoms with Crippen LogP contribution in [0.1, 0.15) is 90.1 Å². The zero-order valence-electron chi connectivity index (χ0n) is 43.0. The number of hydrogen-bond acceptors (Lipinski definition) is 14. The smallest absolute Gasteiger partial charge is 0.303 e. The molecule has 3 aromatic carbocycles. The molecule has 3 aromatic rings. The molecular formula is C59H59N3O13. The Morgan fingerprint density at radius 2 is 1.00 bits per heavy atom.